The van der Waals surface area contributed by atoms with Crippen molar-refractivity contribution in [3.05, 3.63) is 28.8 Å². The van der Waals surface area contributed by atoms with E-state index in [1.54, 1.807) is 0 Å². The molecule has 0 saturated carbocycles. The van der Waals surface area contributed by atoms with Crippen LogP contribution >= 0.6 is 12.2 Å². The second-order valence-electron chi connectivity index (χ2n) is 2.39. The molecule has 0 aliphatic carbocycles. The Bertz CT molecular complexity index is 422. The van der Waals surface area contributed by atoms with Gasteiger partial charge in [-0.05, 0) is 29.6 Å². The number of nitrogens with zero attached hydrogens (tertiary/aromatic N) is 1. The first-order chi connectivity index (χ1) is 5.25. The third-order valence-corrected chi connectivity index (χ3v) is 1.72. The highest BCUT2D eigenvalue weighted by Gasteiger charge is 2.05. The van der Waals surface area contributed by atoms with Gasteiger partial charge < -0.3 is 5.32 Å². The summed E-state index contributed by atoms with van der Waals surface area (Å²) in [6.07, 6.45) is 0. The Kier molecular flexibility index (Phi) is 1.26. The van der Waals surface area contributed by atoms with Gasteiger partial charge >= 0.3 is 0 Å². The minimum Gasteiger partial charge on any atom is -0.329 e. The van der Waals surface area contributed by atoms with Crippen LogP contribution in [0.5, 0.6) is 0 Å². The van der Waals surface area contributed by atoms with Gasteiger partial charge in [0.25, 0.3) is 0 Å². The van der Waals surface area contributed by atoms with Crippen molar-refractivity contribution in [1.29, 1.82) is 0 Å². The fourth-order valence-electron chi connectivity index (χ4n) is 1.03. The summed E-state index contributed by atoms with van der Waals surface area (Å²) in [6, 6.07) is 5.75. The Hall–Kier alpha value is -1.22. The van der Waals surface area contributed by atoms with Crippen LogP contribution in [0, 0.1) is 0 Å². The van der Waals surface area contributed by atoms with Crippen LogP contribution < -0.4 is 15.9 Å². The minimum atomic E-state index is 0.533. The highest BCUT2D eigenvalue weighted by atomic mass is 32.1. The van der Waals surface area contributed by atoms with Crippen molar-refractivity contribution in [2.75, 3.05) is 5.32 Å². The van der Waals surface area contributed by atoms with Crippen LogP contribution in [0.3, 0.4) is 0 Å². The van der Waals surface area contributed by atoms with Crippen LogP contribution in [0.4, 0.5) is 5.69 Å². The second-order valence-corrected chi connectivity index (χ2v) is 2.78. The van der Waals surface area contributed by atoms with E-state index in [1.165, 1.54) is 0 Å². The molecule has 0 atom stereocenters. The highest BCUT2D eigenvalue weighted by molar-refractivity contribution is 7.80. The van der Waals surface area contributed by atoms with Gasteiger partial charge in [-0.15, -0.1) is 0 Å². The van der Waals surface area contributed by atoms with Gasteiger partial charge in [-0.25, -0.2) is 4.99 Å². The molecule has 0 saturated heterocycles. The first kappa shape index (κ1) is 6.49. The molecule has 0 spiro atoms. The van der Waals surface area contributed by atoms with Crippen LogP contribution in [0.25, 0.3) is 6.58 Å². The lowest BCUT2D eigenvalue weighted by atomic mass is 10.3. The van der Waals surface area contributed by atoms with E-state index in [9.17, 15) is 0 Å². The van der Waals surface area contributed by atoms with E-state index in [2.05, 4.69) is 16.9 Å². The predicted molar refractivity (Wildman–Crippen MR) is 49.0 cm³/mol. The average Bonchev–Trinajstić information content (AvgIpc) is 2.27. The third-order valence-electron chi connectivity index (χ3n) is 1.52. The van der Waals surface area contributed by atoms with Gasteiger partial charge in [-0.1, -0.05) is 12.6 Å². The van der Waals surface area contributed by atoms with Crippen molar-refractivity contribution in [2.45, 2.75) is 0 Å². The largest absolute Gasteiger partial charge is 0.329 e. The monoisotopic (exact) mass is 162 g/mol. The fourth-order valence-corrected chi connectivity index (χ4v) is 1.24. The lowest BCUT2D eigenvalue weighted by Gasteiger charge is -1.92. The number of hydrogen-bond donors (Lipinski definition) is 1. The van der Waals surface area contributed by atoms with Gasteiger partial charge in [0, 0.05) is 0 Å². The first-order valence-corrected chi connectivity index (χ1v) is 3.65. The molecule has 1 aliphatic heterocycles. The summed E-state index contributed by atoms with van der Waals surface area (Å²) in [5.74, 6) is 0. The van der Waals surface area contributed by atoms with Crippen molar-refractivity contribution in [3.63, 3.8) is 0 Å². The number of benzene rings is 1. The number of rotatable bonds is 0. The standard InChI is InChI=1S/C8H6N2S/c1-5-2-3-6-7(4-5)10-8(11)9-6/h2-4H,1H2,(H,10,11). The molecule has 1 heterocycles. The topological polar surface area (TPSA) is 24.4 Å². The maximum Gasteiger partial charge on any atom is 0.197 e. The lowest BCUT2D eigenvalue weighted by Crippen LogP contribution is -2.08. The van der Waals surface area contributed by atoms with E-state index in [4.69, 9.17) is 12.2 Å². The molecule has 1 N–H and O–H groups in total. The third kappa shape index (κ3) is 1.03. The molecule has 2 nitrogen and oxygen atoms in total. The van der Waals surface area contributed by atoms with Crippen molar-refractivity contribution in [2.24, 2.45) is 4.99 Å². The Labute approximate surface area is 69.3 Å². The predicted octanol–water partition coefficient (Wildman–Crippen LogP) is 0.427. The molecule has 0 fully saturated rings. The number of nitrogens with one attached hydrogen (secondary N) is 1. The number of thiocarbonyl (C=S) groups is 1. The van der Waals surface area contributed by atoms with Crippen LogP contribution in [-0.4, -0.2) is 5.11 Å². The maximum atomic E-state index is 4.87. The molecule has 1 aromatic rings. The van der Waals surface area contributed by atoms with Crippen molar-refractivity contribution in [3.8, 4) is 0 Å². The van der Waals surface area contributed by atoms with Gasteiger partial charge in [0.1, 0.15) is 0 Å². The van der Waals surface area contributed by atoms with E-state index >= 15 is 0 Å². The summed E-state index contributed by atoms with van der Waals surface area (Å²) in [7, 11) is 0. The van der Waals surface area contributed by atoms with Gasteiger partial charge in [0.05, 0.1) is 11.0 Å². The molecule has 0 radical (unpaired) electrons. The molecule has 0 unspecified atom stereocenters. The van der Waals surface area contributed by atoms with Crippen LogP contribution in [0.2, 0.25) is 0 Å². The quantitative estimate of drug-likeness (QED) is 0.559. The van der Waals surface area contributed by atoms with Crippen molar-refractivity contribution in [1.82, 2.24) is 0 Å². The average molecular weight is 162 g/mol. The summed E-state index contributed by atoms with van der Waals surface area (Å²) in [6.45, 7) is 3.80. The molecular weight excluding hydrogens is 156 g/mol. The van der Waals surface area contributed by atoms with Gasteiger partial charge in [-0.2, -0.15) is 0 Å². The summed E-state index contributed by atoms with van der Waals surface area (Å²) in [4.78, 5) is 4.09. The van der Waals surface area contributed by atoms with Crippen molar-refractivity contribution >= 4 is 29.6 Å². The summed E-state index contributed by atoms with van der Waals surface area (Å²) < 4.78 is 0. The Morgan fingerprint density at radius 1 is 1.45 bits per heavy atom. The van der Waals surface area contributed by atoms with Crippen LogP contribution in [0.15, 0.2) is 23.2 Å². The highest BCUT2D eigenvalue weighted by Crippen LogP contribution is 2.01. The Morgan fingerprint density at radius 3 is 3.09 bits per heavy atom. The zero-order valence-electron chi connectivity index (χ0n) is 5.79. The fraction of sp³-hybridized carbons (Fsp3) is 0. The molecule has 1 aromatic carbocycles. The normalized spacial score (nSPS) is 13.6. The van der Waals surface area contributed by atoms with E-state index in [0.29, 0.717) is 5.11 Å². The maximum absolute atomic E-state index is 4.87. The summed E-state index contributed by atoms with van der Waals surface area (Å²) >= 11 is 4.87. The van der Waals surface area contributed by atoms with Gasteiger partial charge in [0.2, 0.25) is 0 Å². The lowest BCUT2D eigenvalue weighted by molar-refractivity contribution is 1.47. The van der Waals surface area contributed by atoms with Gasteiger partial charge in [0.15, 0.2) is 5.11 Å². The van der Waals surface area contributed by atoms with Gasteiger partial charge in [-0.3, -0.25) is 0 Å². The molecule has 0 bridgehead atoms. The van der Waals surface area contributed by atoms with Crippen LogP contribution in [0.1, 0.15) is 0 Å². The smallest absolute Gasteiger partial charge is 0.197 e. The number of anilines is 1. The van der Waals surface area contributed by atoms with Crippen LogP contribution in [-0.2, 0) is 0 Å². The Balaban J connectivity index is 2.77. The van der Waals surface area contributed by atoms with E-state index in [1.807, 2.05) is 18.2 Å². The molecule has 54 valence electrons. The molecule has 0 amide bonds. The molecule has 11 heavy (non-hydrogen) atoms. The number of fused-ring (bicyclic) bond motifs is 1. The summed E-state index contributed by atoms with van der Waals surface area (Å²) in [5.41, 5.74) is 0.961. The SMILES string of the molecule is C=c1ccc2c(c1)NC(=S)N=2. The number of hydrogen-bond acceptors (Lipinski definition) is 1. The second kappa shape index (κ2) is 2.13. The molecule has 2 rings (SSSR count). The van der Waals surface area contributed by atoms with E-state index in [0.717, 1.165) is 16.3 Å². The summed E-state index contributed by atoms with van der Waals surface area (Å²) in [5, 5.41) is 5.37. The molecule has 3 heteroatoms. The molecule has 1 aliphatic rings. The zero-order chi connectivity index (χ0) is 7.84. The zero-order valence-corrected chi connectivity index (χ0v) is 6.61. The van der Waals surface area contributed by atoms with Crippen molar-refractivity contribution < 1.29 is 0 Å². The first-order valence-electron chi connectivity index (χ1n) is 3.24. The van der Waals surface area contributed by atoms with E-state index < -0.39 is 0 Å². The Morgan fingerprint density at radius 2 is 2.27 bits per heavy atom. The van der Waals surface area contributed by atoms with E-state index in [-0.39, 0.29) is 0 Å². The minimum absolute atomic E-state index is 0.533. The molecular formula is C8H6N2S. The molecule has 0 aromatic heterocycles.